The van der Waals surface area contributed by atoms with Crippen molar-refractivity contribution in [1.82, 2.24) is 9.97 Å². The van der Waals surface area contributed by atoms with Gasteiger partial charge in [-0.05, 0) is 12.1 Å². The number of hydrogen-bond donors (Lipinski definition) is 1. The average molecular weight is 303 g/mol. The number of hydrogen-bond acceptors (Lipinski definition) is 3. The highest BCUT2D eigenvalue weighted by Crippen LogP contribution is 2.32. The summed E-state index contributed by atoms with van der Waals surface area (Å²) in [5.41, 5.74) is 0.694. The molecule has 0 radical (unpaired) electrons. The van der Waals surface area contributed by atoms with E-state index in [1.165, 1.54) is 30.9 Å². The Bertz CT molecular complexity index is 590. The zero-order chi connectivity index (χ0) is 13.1. The van der Waals surface area contributed by atoms with Crippen molar-refractivity contribution in [3.63, 3.8) is 0 Å². The smallest absolute Gasteiger partial charge is 0.257 e. The number of amides is 1. The van der Waals surface area contributed by atoms with Crippen molar-refractivity contribution in [1.29, 1.82) is 0 Å². The monoisotopic (exact) mass is 301 g/mol. The van der Waals surface area contributed by atoms with Gasteiger partial charge in [0.15, 0.2) is 0 Å². The first-order chi connectivity index (χ1) is 8.59. The number of benzene rings is 1. The molecular weight excluding hydrogens is 296 g/mol. The first-order valence-corrected chi connectivity index (χ1v) is 5.93. The van der Waals surface area contributed by atoms with Crippen LogP contribution in [0.1, 0.15) is 10.4 Å². The molecule has 0 bridgehead atoms. The third-order valence-electron chi connectivity index (χ3n) is 2.10. The predicted molar refractivity (Wildman–Crippen MR) is 71.5 cm³/mol. The number of rotatable bonds is 2. The molecule has 2 rings (SSSR count). The van der Waals surface area contributed by atoms with Crippen LogP contribution in [-0.4, -0.2) is 15.9 Å². The second-order valence-corrected chi connectivity index (χ2v) is 4.47. The van der Waals surface area contributed by atoms with Gasteiger partial charge in [0, 0.05) is 0 Å². The van der Waals surface area contributed by atoms with E-state index in [1.807, 2.05) is 0 Å². The molecule has 7 heteroatoms. The molecule has 4 nitrogen and oxygen atoms in total. The molecule has 0 aliphatic carbocycles. The fraction of sp³-hybridized carbons (Fsp3) is 0. The van der Waals surface area contributed by atoms with Crippen LogP contribution < -0.4 is 5.32 Å². The Kier molecular flexibility index (Phi) is 4.01. The molecule has 1 aromatic heterocycles. The van der Waals surface area contributed by atoms with Gasteiger partial charge < -0.3 is 5.32 Å². The van der Waals surface area contributed by atoms with Crippen LogP contribution in [0.2, 0.25) is 15.1 Å². The van der Waals surface area contributed by atoms with E-state index in [4.69, 9.17) is 34.8 Å². The topological polar surface area (TPSA) is 54.9 Å². The van der Waals surface area contributed by atoms with Gasteiger partial charge >= 0.3 is 0 Å². The predicted octanol–water partition coefficient (Wildman–Crippen LogP) is 3.69. The summed E-state index contributed by atoms with van der Waals surface area (Å²) >= 11 is 17.6. The molecule has 0 fully saturated rings. The number of aromatic nitrogens is 2. The van der Waals surface area contributed by atoms with Gasteiger partial charge in [-0.2, -0.15) is 0 Å². The minimum Gasteiger partial charge on any atom is -0.319 e. The second kappa shape index (κ2) is 5.52. The summed E-state index contributed by atoms with van der Waals surface area (Å²) in [6.07, 6.45) is 4.30. The van der Waals surface area contributed by atoms with E-state index in [0.717, 1.165) is 0 Å². The highest BCUT2D eigenvalue weighted by Gasteiger charge is 2.15. The molecule has 0 saturated heterocycles. The zero-order valence-corrected chi connectivity index (χ0v) is 11.1. The molecule has 1 heterocycles. The van der Waals surface area contributed by atoms with Crippen LogP contribution in [0.15, 0.2) is 30.9 Å². The fourth-order valence-electron chi connectivity index (χ4n) is 1.26. The number of nitrogens with one attached hydrogen (secondary N) is 1. The lowest BCUT2D eigenvalue weighted by Crippen LogP contribution is -2.13. The molecule has 0 aliphatic rings. The van der Waals surface area contributed by atoms with Gasteiger partial charge in [0.2, 0.25) is 0 Å². The number of carbonyl (C=O) groups excluding carboxylic acids is 1. The molecule has 1 N–H and O–H groups in total. The Hall–Kier alpha value is -1.36. The molecule has 92 valence electrons. The lowest BCUT2D eigenvalue weighted by atomic mass is 10.2. The van der Waals surface area contributed by atoms with E-state index in [9.17, 15) is 4.79 Å². The van der Waals surface area contributed by atoms with E-state index in [1.54, 1.807) is 0 Å². The Morgan fingerprint density at radius 2 is 1.72 bits per heavy atom. The molecule has 0 aliphatic heterocycles. The van der Waals surface area contributed by atoms with Crippen molar-refractivity contribution in [2.75, 3.05) is 5.32 Å². The number of nitrogens with zero attached hydrogens (tertiary/aromatic N) is 2. The minimum absolute atomic E-state index is 0.110. The maximum atomic E-state index is 11.9. The molecule has 18 heavy (non-hydrogen) atoms. The summed E-state index contributed by atoms with van der Waals surface area (Å²) in [4.78, 5) is 19.5. The van der Waals surface area contributed by atoms with Crippen LogP contribution in [0.3, 0.4) is 0 Å². The second-order valence-electron chi connectivity index (χ2n) is 3.30. The molecule has 0 atom stereocenters. The van der Waals surface area contributed by atoms with Crippen molar-refractivity contribution < 1.29 is 4.79 Å². The quantitative estimate of drug-likeness (QED) is 0.861. The van der Waals surface area contributed by atoms with Gasteiger partial charge in [-0.25, -0.2) is 9.97 Å². The summed E-state index contributed by atoms with van der Waals surface area (Å²) in [5.74, 6) is -0.409. The van der Waals surface area contributed by atoms with Crippen LogP contribution in [0.25, 0.3) is 0 Å². The van der Waals surface area contributed by atoms with E-state index < -0.39 is 5.91 Å². The van der Waals surface area contributed by atoms with Crippen molar-refractivity contribution >= 4 is 46.4 Å². The van der Waals surface area contributed by atoms with E-state index in [-0.39, 0.29) is 15.6 Å². The van der Waals surface area contributed by atoms with Gasteiger partial charge in [-0.1, -0.05) is 34.8 Å². The van der Waals surface area contributed by atoms with E-state index in [0.29, 0.717) is 10.7 Å². The lowest BCUT2D eigenvalue weighted by molar-refractivity contribution is 0.102. The Morgan fingerprint density at radius 3 is 2.39 bits per heavy atom. The number of anilines is 1. The largest absolute Gasteiger partial charge is 0.319 e. The van der Waals surface area contributed by atoms with Crippen molar-refractivity contribution in [2.45, 2.75) is 0 Å². The number of carbonyl (C=O) groups is 1. The molecule has 1 aromatic carbocycles. The summed E-state index contributed by atoms with van der Waals surface area (Å²) in [6, 6.07) is 3.00. The van der Waals surface area contributed by atoms with Crippen LogP contribution in [0.4, 0.5) is 5.69 Å². The summed E-state index contributed by atoms with van der Waals surface area (Å²) in [5, 5.41) is 3.15. The lowest BCUT2D eigenvalue weighted by Gasteiger charge is -2.07. The molecule has 1 amide bonds. The summed E-state index contributed by atoms with van der Waals surface area (Å²) in [7, 11) is 0. The summed E-state index contributed by atoms with van der Waals surface area (Å²) < 4.78 is 0. The van der Waals surface area contributed by atoms with Gasteiger partial charge in [0.1, 0.15) is 6.33 Å². The minimum atomic E-state index is -0.409. The SMILES string of the molecule is O=C(Nc1cncnc1)c1ccc(Cl)c(Cl)c1Cl. The Balaban J connectivity index is 2.28. The van der Waals surface area contributed by atoms with Gasteiger partial charge in [0.05, 0.1) is 38.7 Å². The standard InChI is InChI=1S/C11H6Cl3N3O/c12-8-2-1-7(9(13)10(8)14)11(18)17-6-3-15-5-16-4-6/h1-5H,(H,17,18). The van der Waals surface area contributed by atoms with Crippen LogP contribution in [0, 0.1) is 0 Å². The summed E-state index contributed by atoms with van der Waals surface area (Å²) in [6.45, 7) is 0. The zero-order valence-electron chi connectivity index (χ0n) is 8.82. The number of halogens is 3. The third-order valence-corrected chi connectivity index (χ3v) is 3.39. The Labute approximate surface area is 118 Å². The fourth-order valence-corrected chi connectivity index (χ4v) is 1.88. The first kappa shape index (κ1) is 13.1. The maximum absolute atomic E-state index is 11.9. The highest BCUT2D eigenvalue weighted by atomic mass is 35.5. The molecule has 0 spiro atoms. The van der Waals surface area contributed by atoms with Crippen molar-refractivity contribution in [2.24, 2.45) is 0 Å². The first-order valence-electron chi connectivity index (χ1n) is 4.79. The maximum Gasteiger partial charge on any atom is 0.257 e. The van der Waals surface area contributed by atoms with Gasteiger partial charge in [-0.15, -0.1) is 0 Å². The highest BCUT2D eigenvalue weighted by molar-refractivity contribution is 6.49. The van der Waals surface area contributed by atoms with Crippen molar-refractivity contribution in [3.05, 3.63) is 51.5 Å². The van der Waals surface area contributed by atoms with Gasteiger partial charge in [0.25, 0.3) is 5.91 Å². The van der Waals surface area contributed by atoms with Crippen LogP contribution in [0.5, 0.6) is 0 Å². The third kappa shape index (κ3) is 2.72. The van der Waals surface area contributed by atoms with E-state index in [2.05, 4.69) is 15.3 Å². The van der Waals surface area contributed by atoms with Gasteiger partial charge in [-0.3, -0.25) is 4.79 Å². The molecule has 2 aromatic rings. The van der Waals surface area contributed by atoms with Crippen LogP contribution >= 0.6 is 34.8 Å². The van der Waals surface area contributed by atoms with E-state index >= 15 is 0 Å². The molecule has 0 saturated carbocycles. The Morgan fingerprint density at radius 1 is 1.06 bits per heavy atom. The normalized spacial score (nSPS) is 10.2. The molecular formula is C11H6Cl3N3O. The molecule has 0 unspecified atom stereocenters. The average Bonchev–Trinajstić information content (AvgIpc) is 2.37. The van der Waals surface area contributed by atoms with Crippen LogP contribution in [-0.2, 0) is 0 Å². The van der Waals surface area contributed by atoms with Crippen molar-refractivity contribution in [3.8, 4) is 0 Å².